The van der Waals surface area contributed by atoms with Crippen molar-refractivity contribution >= 4 is 11.9 Å². The van der Waals surface area contributed by atoms with E-state index >= 15 is 8.78 Å². The average molecular weight is 730 g/mol. The molecular formula is C36H39F8N3O4. The van der Waals surface area contributed by atoms with Crippen LogP contribution >= 0.6 is 0 Å². The third-order valence-electron chi connectivity index (χ3n) is 9.04. The fraction of sp³-hybridized carbons (Fsp3) is 0.472. The molecule has 278 valence electrons. The Bertz CT molecular complexity index is 1840. The Balaban J connectivity index is 1.82. The summed E-state index contributed by atoms with van der Waals surface area (Å²) in [4.78, 5) is 41.1. The van der Waals surface area contributed by atoms with Crippen molar-refractivity contribution in [2.45, 2.75) is 84.7 Å². The van der Waals surface area contributed by atoms with Gasteiger partial charge in [0, 0.05) is 29.9 Å². The number of aliphatic carboxylic acids is 1. The molecule has 2 aromatic carbocycles. The first-order valence-electron chi connectivity index (χ1n) is 16.3. The summed E-state index contributed by atoms with van der Waals surface area (Å²) in [5.74, 6) is -5.53. The molecule has 2 N–H and O–H groups in total. The van der Waals surface area contributed by atoms with Gasteiger partial charge >= 0.3 is 18.3 Å². The summed E-state index contributed by atoms with van der Waals surface area (Å²) in [7, 11) is 0. The van der Waals surface area contributed by atoms with Crippen LogP contribution in [0, 0.1) is 38.3 Å². The van der Waals surface area contributed by atoms with Crippen LogP contribution < -0.4 is 10.9 Å². The molecule has 0 saturated carbocycles. The van der Waals surface area contributed by atoms with Crippen LogP contribution in [0.15, 0.2) is 35.3 Å². The van der Waals surface area contributed by atoms with Crippen molar-refractivity contribution in [3.05, 3.63) is 91.4 Å². The zero-order valence-corrected chi connectivity index (χ0v) is 28.7. The van der Waals surface area contributed by atoms with Gasteiger partial charge in [-0.05, 0) is 105 Å². The highest BCUT2D eigenvalue weighted by atomic mass is 19.4. The maximum atomic E-state index is 16.5. The van der Waals surface area contributed by atoms with Gasteiger partial charge in [-0.2, -0.15) is 26.3 Å². The van der Waals surface area contributed by atoms with Crippen LogP contribution in [-0.4, -0.2) is 46.1 Å². The number of nitrogens with one attached hydrogen (secondary N) is 1. The molecule has 1 aliphatic heterocycles. The SMILES string of the molecule is Cc1cc(-c2c(C)cc(C(F)(F)F)cc2C)c(F)c(C(CC(=O)O)NC(=O)C(CC(C)C)n2cc(CCN3CCC3)c(C(F)(F)F)cc2=O)c1F. The lowest BCUT2D eigenvalue weighted by atomic mass is 9.88. The third kappa shape index (κ3) is 8.97. The highest BCUT2D eigenvalue weighted by Crippen LogP contribution is 2.40. The number of carboxylic acids is 1. The van der Waals surface area contributed by atoms with Crippen LogP contribution in [0.1, 0.15) is 84.1 Å². The minimum atomic E-state index is -4.87. The van der Waals surface area contributed by atoms with Crippen molar-refractivity contribution in [1.82, 2.24) is 14.8 Å². The van der Waals surface area contributed by atoms with Crippen LogP contribution in [0.5, 0.6) is 0 Å². The molecule has 4 rings (SSSR count). The quantitative estimate of drug-likeness (QED) is 0.185. The molecule has 1 fully saturated rings. The Morgan fingerprint density at radius 2 is 1.51 bits per heavy atom. The second kappa shape index (κ2) is 15.1. The number of carbonyl (C=O) groups excluding carboxylic acids is 1. The van der Waals surface area contributed by atoms with E-state index in [4.69, 9.17) is 0 Å². The van der Waals surface area contributed by atoms with E-state index in [0.717, 1.165) is 35.4 Å². The van der Waals surface area contributed by atoms with Gasteiger partial charge in [0.2, 0.25) is 5.91 Å². The summed E-state index contributed by atoms with van der Waals surface area (Å²) >= 11 is 0. The first-order valence-corrected chi connectivity index (χ1v) is 16.3. The second-order valence-corrected chi connectivity index (χ2v) is 13.5. The van der Waals surface area contributed by atoms with Gasteiger partial charge in [0.1, 0.15) is 17.7 Å². The van der Waals surface area contributed by atoms with Gasteiger partial charge in [-0.25, -0.2) is 8.78 Å². The number of hydrogen-bond donors (Lipinski definition) is 2. The van der Waals surface area contributed by atoms with E-state index in [0.29, 0.717) is 19.2 Å². The number of pyridine rings is 1. The van der Waals surface area contributed by atoms with Crippen LogP contribution in [-0.2, 0) is 28.4 Å². The number of aryl methyl sites for hydroxylation is 3. The Kier molecular flexibility index (Phi) is 11.7. The first-order chi connectivity index (χ1) is 23.6. The van der Waals surface area contributed by atoms with Gasteiger partial charge in [-0.15, -0.1) is 0 Å². The highest BCUT2D eigenvalue weighted by molar-refractivity contribution is 5.82. The van der Waals surface area contributed by atoms with E-state index in [-0.39, 0.29) is 58.7 Å². The fourth-order valence-corrected chi connectivity index (χ4v) is 6.48. The number of halogens is 8. The molecule has 2 heterocycles. The molecule has 0 bridgehead atoms. The van der Waals surface area contributed by atoms with Crippen LogP contribution in [0.4, 0.5) is 35.1 Å². The number of benzene rings is 2. The smallest absolute Gasteiger partial charge is 0.416 e. The minimum absolute atomic E-state index is 0.000548. The normalized spacial score (nSPS) is 15.1. The highest BCUT2D eigenvalue weighted by Gasteiger charge is 2.37. The Labute approximate surface area is 289 Å². The van der Waals surface area contributed by atoms with Crippen molar-refractivity contribution in [3.63, 3.8) is 0 Å². The molecule has 3 aromatic rings. The van der Waals surface area contributed by atoms with Crippen LogP contribution in [0.3, 0.4) is 0 Å². The van der Waals surface area contributed by atoms with Crippen LogP contribution in [0.25, 0.3) is 11.1 Å². The third-order valence-corrected chi connectivity index (χ3v) is 9.04. The molecule has 1 aromatic heterocycles. The van der Waals surface area contributed by atoms with Crippen molar-refractivity contribution in [3.8, 4) is 11.1 Å². The Morgan fingerprint density at radius 3 is 2.00 bits per heavy atom. The lowest BCUT2D eigenvalue weighted by molar-refractivity contribution is -0.139. The molecule has 1 amide bonds. The lowest BCUT2D eigenvalue weighted by Crippen LogP contribution is -2.41. The molecule has 0 radical (unpaired) electrons. The van der Waals surface area contributed by atoms with Gasteiger partial charge in [-0.3, -0.25) is 14.4 Å². The van der Waals surface area contributed by atoms with Gasteiger partial charge in [0.25, 0.3) is 5.56 Å². The zero-order valence-electron chi connectivity index (χ0n) is 28.7. The molecule has 15 heteroatoms. The number of amides is 1. The van der Waals surface area contributed by atoms with E-state index in [1.807, 2.05) is 4.90 Å². The van der Waals surface area contributed by atoms with Crippen LogP contribution in [0.2, 0.25) is 0 Å². The summed E-state index contributed by atoms with van der Waals surface area (Å²) in [6.07, 6.45) is -8.96. The maximum Gasteiger partial charge on any atom is 0.416 e. The molecule has 1 aliphatic rings. The number of hydrogen-bond acceptors (Lipinski definition) is 4. The maximum absolute atomic E-state index is 16.5. The Hall–Kier alpha value is -4.27. The van der Waals surface area contributed by atoms with Gasteiger partial charge in [0.05, 0.1) is 23.6 Å². The number of aromatic nitrogens is 1. The molecule has 2 unspecified atom stereocenters. The van der Waals surface area contributed by atoms with Gasteiger partial charge in [-0.1, -0.05) is 13.8 Å². The van der Waals surface area contributed by atoms with E-state index in [9.17, 15) is 45.8 Å². The van der Waals surface area contributed by atoms with Gasteiger partial charge in [0.15, 0.2) is 0 Å². The molecule has 51 heavy (non-hydrogen) atoms. The zero-order chi connectivity index (χ0) is 38.2. The van der Waals surface area contributed by atoms with E-state index < -0.39 is 76.6 Å². The largest absolute Gasteiger partial charge is 0.481 e. The van der Waals surface area contributed by atoms with Crippen molar-refractivity contribution in [1.29, 1.82) is 0 Å². The molecule has 7 nitrogen and oxygen atoms in total. The van der Waals surface area contributed by atoms with Crippen molar-refractivity contribution in [2.24, 2.45) is 5.92 Å². The topological polar surface area (TPSA) is 91.6 Å². The predicted molar refractivity (Wildman–Crippen MR) is 173 cm³/mol. The molecule has 2 atom stereocenters. The summed E-state index contributed by atoms with van der Waals surface area (Å²) in [6.45, 7) is 8.89. The van der Waals surface area contributed by atoms with E-state index in [1.54, 1.807) is 13.8 Å². The first kappa shape index (κ1) is 39.5. The number of carbonyl (C=O) groups is 2. The molecule has 1 saturated heterocycles. The Morgan fingerprint density at radius 1 is 0.902 bits per heavy atom. The number of nitrogens with zero attached hydrogens (tertiary/aromatic N) is 2. The number of alkyl halides is 6. The van der Waals surface area contributed by atoms with E-state index in [1.165, 1.54) is 20.8 Å². The summed E-state index contributed by atoms with van der Waals surface area (Å²) in [6, 6.07) is -0.328. The summed E-state index contributed by atoms with van der Waals surface area (Å²) < 4.78 is 116. The molecular weight excluding hydrogens is 690 g/mol. The monoisotopic (exact) mass is 729 g/mol. The summed E-state index contributed by atoms with van der Waals surface area (Å²) in [5, 5.41) is 12.1. The minimum Gasteiger partial charge on any atom is -0.481 e. The fourth-order valence-electron chi connectivity index (χ4n) is 6.48. The lowest BCUT2D eigenvalue weighted by Gasteiger charge is -2.31. The van der Waals surface area contributed by atoms with Crippen molar-refractivity contribution in [2.75, 3.05) is 19.6 Å². The standard InChI is InChI=1S/C36H39F8N3O4/c1-18(2)11-27(47-17-22(7-10-46-8-6-9-46)25(15-28(47)48)36(42,43)44)34(51)45-26(16-29(49)50)31-32(37)21(5)14-24(33(31)38)30-19(3)12-23(13-20(30)4)35(39,40)41/h12-15,17-18,26-27H,6-11,16H2,1-5H3,(H,45,51)(H,49,50). The van der Waals surface area contributed by atoms with Gasteiger partial charge < -0.3 is 19.9 Å². The molecule has 0 spiro atoms. The summed E-state index contributed by atoms with van der Waals surface area (Å²) in [5.41, 5.74) is -4.94. The average Bonchev–Trinajstić information content (AvgIpc) is 2.96. The van der Waals surface area contributed by atoms with Crippen molar-refractivity contribution < 1.29 is 49.8 Å². The number of likely N-dealkylation sites (tertiary alicyclic amines) is 1. The predicted octanol–water partition coefficient (Wildman–Crippen LogP) is 7.92. The molecule has 0 aliphatic carbocycles. The second-order valence-electron chi connectivity index (χ2n) is 13.5. The number of rotatable bonds is 12. The van der Waals surface area contributed by atoms with E-state index in [2.05, 4.69) is 5.32 Å². The number of carboxylic acid groups (broad SMARTS) is 1.